The van der Waals surface area contributed by atoms with Gasteiger partial charge in [-0.15, -0.1) is 0 Å². The lowest BCUT2D eigenvalue weighted by Crippen LogP contribution is -2.12. The number of rotatable bonds is 6. The second kappa shape index (κ2) is 7.44. The molecule has 1 nitrogen and oxygen atoms in total. The van der Waals surface area contributed by atoms with E-state index in [-0.39, 0.29) is 6.10 Å². The standard InChI is InChI=1S/C12H16Cl2OS/c1-2-16-7-6-9(15)8-10-11(13)4-3-5-12(10)14/h3-5,9,15H,2,6-8H2,1H3. The Morgan fingerprint density at radius 3 is 2.50 bits per heavy atom. The molecule has 1 rings (SSSR count). The van der Waals surface area contributed by atoms with E-state index >= 15 is 0 Å². The molecular formula is C12H16Cl2OS. The fourth-order valence-corrected chi connectivity index (χ4v) is 2.71. The Morgan fingerprint density at radius 2 is 1.94 bits per heavy atom. The monoisotopic (exact) mass is 278 g/mol. The molecule has 0 heterocycles. The largest absolute Gasteiger partial charge is 0.393 e. The first-order valence-electron chi connectivity index (χ1n) is 5.33. The molecule has 0 aliphatic heterocycles. The third-order valence-electron chi connectivity index (χ3n) is 2.30. The molecule has 0 fully saturated rings. The van der Waals surface area contributed by atoms with Crippen molar-refractivity contribution in [2.75, 3.05) is 11.5 Å². The average Bonchev–Trinajstić information content (AvgIpc) is 2.24. The van der Waals surface area contributed by atoms with E-state index in [1.54, 1.807) is 12.1 Å². The lowest BCUT2D eigenvalue weighted by molar-refractivity contribution is 0.172. The maximum atomic E-state index is 9.85. The minimum atomic E-state index is -0.364. The van der Waals surface area contributed by atoms with Crippen LogP contribution in [0.25, 0.3) is 0 Å². The van der Waals surface area contributed by atoms with Gasteiger partial charge in [0.2, 0.25) is 0 Å². The minimum absolute atomic E-state index is 0.364. The molecule has 1 N–H and O–H groups in total. The Hall–Kier alpha value is 0.110. The Kier molecular flexibility index (Phi) is 6.59. The lowest BCUT2D eigenvalue weighted by Gasteiger charge is -2.12. The van der Waals surface area contributed by atoms with Gasteiger partial charge in [0.1, 0.15) is 0 Å². The molecule has 0 spiro atoms. The number of benzene rings is 1. The minimum Gasteiger partial charge on any atom is -0.393 e. The summed E-state index contributed by atoms with van der Waals surface area (Å²) in [5.41, 5.74) is 0.847. The first kappa shape index (κ1) is 14.2. The number of aliphatic hydroxyl groups excluding tert-OH is 1. The quantitative estimate of drug-likeness (QED) is 0.793. The first-order valence-corrected chi connectivity index (χ1v) is 7.25. The van der Waals surface area contributed by atoms with Crippen LogP contribution < -0.4 is 0 Å². The van der Waals surface area contributed by atoms with Crippen LogP contribution in [0.2, 0.25) is 10.0 Å². The maximum Gasteiger partial charge on any atom is 0.0589 e. The second-order valence-corrected chi connectivity index (χ2v) is 5.75. The fraction of sp³-hybridized carbons (Fsp3) is 0.500. The van der Waals surface area contributed by atoms with Crippen molar-refractivity contribution in [3.05, 3.63) is 33.8 Å². The van der Waals surface area contributed by atoms with Crippen LogP contribution in [-0.2, 0) is 6.42 Å². The summed E-state index contributed by atoms with van der Waals surface area (Å²) in [5, 5.41) is 11.1. The second-order valence-electron chi connectivity index (χ2n) is 3.54. The highest BCUT2D eigenvalue weighted by molar-refractivity contribution is 7.99. The molecule has 0 saturated carbocycles. The molecule has 0 aliphatic rings. The molecule has 1 aromatic carbocycles. The summed E-state index contributed by atoms with van der Waals surface area (Å²) >= 11 is 13.9. The molecule has 1 aromatic rings. The molecular weight excluding hydrogens is 263 g/mol. The molecule has 1 atom stereocenters. The van der Waals surface area contributed by atoms with E-state index < -0.39 is 0 Å². The van der Waals surface area contributed by atoms with Crippen LogP contribution in [0.4, 0.5) is 0 Å². The molecule has 4 heteroatoms. The van der Waals surface area contributed by atoms with Gasteiger partial charge in [0.05, 0.1) is 6.10 Å². The van der Waals surface area contributed by atoms with Crippen molar-refractivity contribution in [1.29, 1.82) is 0 Å². The van der Waals surface area contributed by atoms with Crippen molar-refractivity contribution in [2.45, 2.75) is 25.9 Å². The van der Waals surface area contributed by atoms with Gasteiger partial charge < -0.3 is 5.11 Å². The van der Waals surface area contributed by atoms with Crippen LogP contribution >= 0.6 is 35.0 Å². The highest BCUT2D eigenvalue weighted by atomic mass is 35.5. The summed E-state index contributed by atoms with van der Waals surface area (Å²) < 4.78 is 0. The van der Waals surface area contributed by atoms with Crippen molar-refractivity contribution < 1.29 is 5.11 Å². The summed E-state index contributed by atoms with van der Waals surface area (Å²) in [7, 11) is 0. The number of hydrogen-bond donors (Lipinski definition) is 1. The van der Waals surface area contributed by atoms with E-state index in [1.807, 2.05) is 17.8 Å². The van der Waals surface area contributed by atoms with Gasteiger partial charge in [-0.2, -0.15) is 11.8 Å². The highest BCUT2D eigenvalue weighted by Gasteiger charge is 2.11. The molecule has 0 saturated heterocycles. The van der Waals surface area contributed by atoms with Gasteiger partial charge >= 0.3 is 0 Å². The zero-order valence-electron chi connectivity index (χ0n) is 9.25. The number of thioether (sulfide) groups is 1. The molecule has 1 unspecified atom stereocenters. The van der Waals surface area contributed by atoms with Gasteiger partial charge in [-0.3, -0.25) is 0 Å². The summed E-state index contributed by atoms with van der Waals surface area (Å²) in [6.45, 7) is 2.11. The Morgan fingerprint density at radius 1 is 1.31 bits per heavy atom. The summed E-state index contributed by atoms with van der Waals surface area (Å²) in [5.74, 6) is 2.05. The van der Waals surface area contributed by atoms with Crippen molar-refractivity contribution >= 4 is 35.0 Å². The molecule has 0 bridgehead atoms. The topological polar surface area (TPSA) is 20.2 Å². The molecule has 90 valence electrons. The maximum absolute atomic E-state index is 9.85. The van der Waals surface area contributed by atoms with Crippen LogP contribution in [0.3, 0.4) is 0 Å². The predicted molar refractivity (Wildman–Crippen MR) is 73.8 cm³/mol. The third-order valence-corrected chi connectivity index (χ3v) is 3.94. The van der Waals surface area contributed by atoms with Crippen LogP contribution in [0.1, 0.15) is 18.9 Å². The molecule has 0 aliphatic carbocycles. The highest BCUT2D eigenvalue weighted by Crippen LogP contribution is 2.26. The van der Waals surface area contributed by atoms with Crippen molar-refractivity contribution in [1.82, 2.24) is 0 Å². The third kappa shape index (κ3) is 4.54. The van der Waals surface area contributed by atoms with Gasteiger partial charge in [0, 0.05) is 16.5 Å². The Bertz CT molecular complexity index is 311. The molecule has 0 aromatic heterocycles. The van der Waals surface area contributed by atoms with E-state index in [0.29, 0.717) is 16.5 Å². The van der Waals surface area contributed by atoms with Crippen LogP contribution in [0.5, 0.6) is 0 Å². The van der Waals surface area contributed by atoms with Crippen LogP contribution in [-0.4, -0.2) is 22.7 Å². The van der Waals surface area contributed by atoms with Crippen molar-refractivity contribution in [3.63, 3.8) is 0 Å². The molecule has 16 heavy (non-hydrogen) atoms. The van der Waals surface area contributed by atoms with E-state index in [9.17, 15) is 5.11 Å². The van der Waals surface area contributed by atoms with Gasteiger partial charge in [-0.1, -0.05) is 36.2 Å². The van der Waals surface area contributed by atoms with E-state index in [1.165, 1.54) is 0 Å². The van der Waals surface area contributed by atoms with Crippen LogP contribution in [0.15, 0.2) is 18.2 Å². The normalized spacial score (nSPS) is 12.8. The van der Waals surface area contributed by atoms with Gasteiger partial charge in [0.25, 0.3) is 0 Å². The summed E-state index contributed by atoms with van der Waals surface area (Å²) in [6.07, 6.45) is 0.944. The van der Waals surface area contributed by atoms with E-state index in [4.69, 9.17) is 23.2 Å². The zero-order chi connectivity index (χ0) is 12.0. The number of hydrogen-bond acceptors (Lipinski definition) is 2. The molecule has 0 radical (unpaired) electrons. The first-order chi connectivity index (χ1) is 7.65. The lowest BCUT2D eigenvalue weighted by atomic mass is 10.1. The Labute approximate surface area is 111 Å². The van der Waals surface area contributed by atoms with Gasteiger partial charge in [-0.25, -0.2) is 0 Å². The van der Waals surface area contributed by atoms with Crippen LogP contribution in [0, 0.1) is 0 Å². The average molecular weight is 279 g/mol. The van der Waals surface area contributed by atoms with Crippen molar-refractivity contribution in [3.8, 4) is 0 Å². The van der Waals surface area contributed by atoms with E-state index in [2.05, 4.69) is 6.92 Å². The van der Waals surface area contributed by atoms with Gasteiger partial charge in [0.15, 0.2) is 0 Å². The summed E-state index contributed by atoms with van der Waals surface area (Å²) in [4.78, 5) is 0. The Balaban J connectivity index is 2.52. The number of aliphatic hydroxyl groups is 1. The van der Waals surface area contributed by atoms with Crippen molar-refractivity contribution in [2.24, 2.45) is 0 Å². The predicted octanol–water partition coefficient (Wildman–Crippen LogP) is 4.04. The summed E-state index contributed by atoms with van der Waals surface area (Å²) in [6, 6.07) is 5.42. The fourth-order valence-electron chi connectivity index (χ4n) is 1.43. The zero-order valence-corrected chi connectivity index (χ0v) is 11.6. The van der Waals surface area contributed by atoms with E-state index in [0.717, 1.165) is 23.5 Å². The van der Waals surface area contributed by atoms with Gasteiger partial charge in [-0.05, 0) is 35.6 Å². The SMILES string of the molecule is CCSCCC(O)Cc1c(Cl)cccc1Cl. The number of halogens is 2. The smallest absolute Gasteiger partial charge is 0.0589 e. The molecule has 0 amide bonds.